The van der Waals surface area contributed by atoms with Crippen LogP contribution in [0.1, 0.15) is 5.82 Å². The Morgan fingerprint density at radius 2 is 2.41 bits per heavy atom. The van der Waals surface area contributed by atoms with Crippen molar-refractivity contribution >= 4 is 21.4 Å². The van der Waals surface area contributed by atoms with Crippen LogP contribution in [0.2, 0.25) is 0 Å². The molecule has 0 bridgehead atoms. The van der Waals surface area contributed by atoms with Gasteiger partial charge in [-0.2, -0.15) is 0 Å². The minimum Gasteiger partial charge on any atom is -0.497 e. The smallest absolute Gasteiger partial charge is 0.132 e. The van der Waals surface area contributed by atoms with Crippen molar-refractivity contribution in [3.05, 3.63) is 28.8 Å². The SMILES string of the molecule is COc1ccn2c(CC3CNC3)nc(Br)c2c1. The van der Waals surface area contributed by atoms with Gasteiger partial charge in [0.25, 0.3) is 0 Å². The number of nitrogens with one attached hydrogen (secondary N) is 1. The van der Waals surface area contributed by atoms with Gasteiger partial charge in [0, 0.05) is 18.7 Å². The van der Waals surface area contributed by atoms with Crippen molar-refractivity contribution in [2.75, 3.05) is 20.2 Å². The van der Waals surface area contributed by atoms with Gasteiger partial charge in [-0.25, -0.2) is 4.98 Å². The number of aromatic nitrogens is 2. The van der Waals surface area contributed by atoms with Gasteiger partial charge in [-0.15, -0.1) is 0 Å². The summed E-state index contributed by atoms with van der Waals surface area (Å²) in [6, 6.07) is 3.96. The standard InChI is InChI=1S/C12H14BrN3O/c1-17-9-2-3-16-10(5-9)12(13)15-11(16)4-8-6-14-7-8/h2-3,5,8,14H,4,6-7H2,1H3. The Bertz CT molecular complexity index is 548. The van der Waals surface area contributed by atoms with E-state index in [-0.39, 0.29) is 0 Å². The molecule has 1 aliphatic rings. The van der Waals surface area contributed by atoms with Gasteiger partial charge in [0.1, 0.15) is 16.2 Å². The summed E-state index contributed by atoms with van der Waals surface area (Å²) in [6.07, 6.45) is 3.04. The van der Waals surface area contributed by atoms with Crippen LogP contribution in [0.5, 0.6) is 5.75 Å². The summed E-state index contributed by atoms with van der Waals surface area (Å²) >= 11 is 3.51. The third kappa shape index (κ3) is 1.93. The van der Waals surface area contributed by atoms with Crippen LogP contribution in [-0.2, 0) is 6.42 Å². The molecule has 3 rings (SSSR count). The second-order valence-electron chi connectivity index (χ2n) is 4.37. The van der Waals surface area contributed by atoms with Crippen molar-refractivity contribution in [3.8, 4) is 5.75 Å². The van der Waals surface area contributed by atoms with Crippen molar-refractivity contribution in [2.24, 2.45) is 5.92 Å². The summed E-state index contributed by atoms with van der Waals surface area (Å²) in [7, 11) is 1.68. The molecule has 4 nitrogen and oxygen atoms in total. The van der Waals surface area contributed by atoms with E-state index in [0.717, 1.165) is 47.1 Å². The molecule has 2 aromatic heterocycles. The maximum absolute atomic E-state index is 5.23. The number of pyridine rings is 1. The van der Waals surface area contributed by atoms with E-state index in [9.17, 15) is 0 Å². The lowest BCUT2D eigenvalue weighted by Gasteiger charge is -2.26. The molecule has 1 saturated heterocycles. The molecular weight excluding hydrogens is 282 g/mol. The molecule has 1 fully saturated rings. The highest BCUT2D eigenvalue weighted by atomic mass is 79.9. The third-order valence-corrected chi connectivity index (χ3v) is 3.80. The first-order valence-electron chi connectivity index (χ1n) is 5.69. The predicted octanol–water partition coefficient (Wildman–Crippen LogP) is 1.87. The summed E-state index contributed by atoms with van der Waals surface area (Å²) < 4.78 is 8.25. The fourth-order valence-corrected chi connectivity index (χ4v) is 2.62. The quantitative estimate of drug-likeness (QED) is 0.939. The van der Waals surface area contributed by atoms with Crippen LogP contribution in [0.3, 0.4) is 0 Å². The summed E-state index contributed by atoms with van der Waals surface area (Å²) in [5, 5.41) is 3.29. The van der Waals surface area contributed by atoms with Gasteiger partial charge in [-0.05, 0) is 41.0 Å². The summed E-state index contributed by atoms with van der Waals surface area (Å²) in [5.41, 5.74) is 1.06. The fraction of sp³-hybridized carbons (Fsp3) is 0.417. The van der Waals surface area contributed by atoms with Gasteiger partial charge in [0.2, 0.25) is 0 Å². The molecule has 17 heavy (non-hydrogen) atoms. The molecule has 1 aliphatic heterocycles. The van der Waals surface area contributed by atoms with Gasteiger partial charge in [0.05, 0.1) is 12.6 Å². The number of imidazole rings is 1. The first-order chi connectivity index (χ1) is 8.28. The Hall–Kier alpha value is -1.07. The minimum atomic E-state index is 0.717. The number of hydrogen-bond acceptors (Lipinski definition) is 3. The van der Waals surface area contributed by atoms with E-state index < -0.39 is 0 Å². The average molecular weight is 296 g/mol. The largest absolute Gasteiger partial charge is 0.497 e. The lowest BCUT2D eigenvalue weighted by Crippen LogP contribution is -2.43. The molecule has 0 amide bonds. The Morgan fingerprint density at radius 1 is 1.59 bits per heavy atom. The molecule has 5 heteroatoms. The molecule has 0 saturated carbocycles. The normalized spacial score (nSPS) is 16.1. The third-order valence-electron chi connectivity index (χ3n) is 3.22. The lowest BCUT2D eigenvalue weighted by molar-refractivity contribution is 0.340. The van der Waals surface area contributed by atoms with Crippen LogP contribution >= 0.6 is 15.9 Å². The maximum atomic E-state index is 5.23. The van der Waals surface area contributed by atoms with E-state index in [1.165, 1.54) is 0 Å². The van der Waals surface area contributed by atoms with Crippen LogP contribution in [0, 0.1) is 5.92 Å². The number of rotatable bonds is 3. The van der Waals surface area contributed by atoms with E-state index in [1.54, 1.807) is 7.11 Å². The van der Waals surface area contributed by atoms with Crippen molar-refractivity contribution in [1.29, 1.82) is 0 Å². The monoisotopic (exact) mass is 295 g/mol. The second kappa shape index (κ2) is 4.31. The lowest BCUT2D eigenvalue weighted by atomic mass is 9.99. The molecule has 90 valence electrons. The molecular formula is C12H14BrN3O. The number of ether oxygens (including phenoxy) is 1. The van der Waals surface area contributed by atoms with Gasteiger partial charge in [0.15, 0.2) is 0 Å². The highest BCUT2D eigenvalue weighted by Crippen LogP contribution is 2.24. The van der Waals surface area contributed by atoms with Crippen LogP contribution in [0.25, 0.3) is 5.52 Å². The van der Waals surface area contributed by atoms with E-state index in [2.05, 4.69) is 30.6 Å². The second-order valence-corrected chi connectivity index (χ2v) is 5.12. The van der Waals surface area contributed by atoms with Crippen LogP contribution in [0.15, 0.2) is 22.9 Å². The Morgan fingerprint density at radius 3 is 3.06 bits per heavy atom. The highest BCUT2D eigenvalue weighted by Gasteiger charge is 2.20. The van der Waals surface area contributed by atoms with Crippen LogP contribution in [0.4, 0.5) is 0 Å². The zero-order chi connectivity index (χ0) is 11.8. The Balaban J connectivity index is 2.01. The van der Waals surface area contributed by atoms with Crippen molar-refractivity contribution in [3.63, 3.8) is 0 Å². The predicted molar refractivity (Wildman–Crippen MR) is 69.5 cm³/mol. The van der Waals surface area contributed by atoms with Crippen LogP contribution < -0.4 is 10.1 Å². The minimum absolute atomic E-state index is 0.717. The maximum Gasteiger partial charge on any atom is 0.132 e. The Kier molecular flexibility index (Phi) is 2.80. The number of nitrogens with zero attached hydrogens (tertiary/aromatic N) is 2. The van der Waals surface area contributed by atoms with Gasteiger partial charge in [-0.3, -0.25) is 0 Å². The number of halogens is 1. The zero-order valence-electron chi connectivity index (χ0n) is 9.61. The molecule has 3 heterocycles. The fourth-order valence-electron chi connectivity index (χ4n) is 2.11. The van der Waals surface area contributed by atoms with E-state index in [4.69, 9.17) is 4.74 Å². The summed E-state index contributed by atoms with van der Waals surface area (Å²) in [6.45, 7) is 2.20. The van der Waals surface area contributed by atoms with E-state index in [0.29, 0.717) is 0 Å². The van der Waals surface area contributed by atoms with Gasteiger partial charge < -0.3 is 14.5 Å². The van der Waals surface area contributed by atoms with E-state index in [1.807, 2.05) is 18.3 Å². The van der Waals surface area contributed by atoms with Crippen molar-refractivity contribution in [1.82, 2.24) is 14.7 Å². The highest BCUT2D eigenvalue weighted by molar-refractivity contribution is 9.10. The molecule has 0 unspecified atom stereocenters. The average Bonchev–Trinajstić information content (AvgIpc) is 2.60. The first kappa shape index (κ1) is 11.0. The molecule has 0 aliphatic carbocycles. The van der Waals surface area contributed by atoms with E-state index >= 15 is 0 Å². The molecule has 0 radical (unpaired) electrons. The van der Waals surface area contributed by atoms with Crippen LogP contribution in [-0.4, -0.2) is 29.6 Å². The number of methoxy groups -OCH3 is 1. The molecule has 0 atom stereocenters. The van der Waals surface area contributed by atoms with Crippen molar-refractivity contribution < 1.29 is 4.74 Å². The topological polar surface area (TPSA) is 38.6 Å². The first-order valence-corrected chi connectivity index (χ1v) is 6.48. The molecule has 0 aromatic carbocycles. The zero-order valence-corrected chi connectivity index (χ0v) is 11.2. The van der Waals surface area contributed by atoms with Gasteiger partial charge >= 0.3 is 0 Å². The number of hydrogen-bond donors (Lipinski definition) is 1. The Labute approximate surface area is 108 Å². The summed E-state index contributed by atoms with van der Waals surface area (Å²) in [4.78, 5) is 4.58. The molecule has 0 spiro atoms. The molecule has 1 N–H and O–H groups in total. The summed E-state index contributed by atoms with van der Waals surface area (Å²) in [5.74, 6) is 2.69. The number of fused-ring (bicyclic) bond motifs is 1. The van der Waals surface area contributed by atoms with Crippen molar-refractivity contribution in [2.45, 2.75) is 6.42 Å². The molecule has 2 aromatic rings. The van der Waals surface area contributed by atoms with Gasteiger partial charge in [-0.1, -0.05) is 0 Å².